The van der Waals surface area contributed by atoms with Crippen molar-refractivity contribution < 1.29 is 4.79 Å². The second kappa shape index (κ2) is 9.85. The molecule has 11 nitrogen and oxygen atoms in total. The number of nitrogens with two attached hydrogens (primary N) is 1. The van der Waals surface area contributed by atoms with Gasteiger partial charge in [0.1, 0.15) is 12.1 Å². The van der Waals surface area contributed by atoms with Gasteiger partial charge >= 0.3 is 0 Å². The van der Waals surface area contributed by atoms with E-state index in [2.05, 4.69) is 26.6 Å². The van der Waals surface area contributed by atoms with E-state index in [1.807, 2.05) is 61.5 Å². The maximum absolute atomic E-state index is 14.3. The van der Waals surface area contributed by atoms with Crippen molar-refractivity contribution in [2.75, 3.05) is 5.73 Å². The van der Waals surface area contributed by atoms with E-state index >= 15 is 0 Å². The minimum absolute atomic E-state index is 0.0592. The second-order valence-electron chi connectivity index (χ2n) is 9.24. The molecule has 0 fully saturated rings. The lowest BCUT2D eigenvalue weighted by molar-refractivity contribution is 0.0941. The quantitative estimate of drug-likeness (QED) is 0.335. The van der Waals surface area contributed by atoms with Crippen molar-refractivity contribution in [3.63, 3.8) is 0 Å². The number of nitriles is 1. The topological polar surface area (TPSA) is 149 Å². The van der Waals surface area contributed by atoms with E-state index in [9.17, 15) is 9.59 Å². The maximum atomic E-state index is 14.3. The smallest absolute Gasteiger partial charge is 0.263 e. The number of anilines is 1. The van der Waals surface area contributed by atoms with Gasteiger partial charge in [-0.25, -0.2) is 9.50 Å². The van der Waals surface area contributed by atoms with Crippen LogP contribution in [0.25, 0.3) is 33.2 Å². The van der Waals surface area contributed by atoms with Crippen LogP contribution < -0.4 is 16.6 Å². The van der Waals surface area contributed by atoms with Crippen LogP contribution in [-0.2, 0) is 6.54 Å². The zero-order valence-electron chi connectivity index (χ0n) is 21.4. The molecule has 1 amide bonds. The van der Waals surface area contributed by atoms with Crippen LogP contribution in [0.2, 0.25) is 0 Å². The predicted octanol–water partition coefficient (Wildman–Crippen LogP) is 3.49. The van der Waals surface area contributed by atoms with Crippen LogP contribution in [0.4, 0.5) is 5.82 Å². The summed E-state index contributed by atoms with van der Waals surface area (Å²) in [6, 6.07) is 19.9. The van der Waals surface area contributed by atoms with Gasteiger partial charge in [0.25, 0.3) is 11.5 Å². The highest BCUT2D eigenvalue weighted by molar-refractivity contribution is 6.04. The van der Waals surface area contributed by atoms with Crippen molar-refractivity contribution in [1.82, 2.24) is 34.3 Å². The fourth-order valence-electron chi connectivity index (χ4n) is 4.91. The van der Waals surface area contributed by atoms with Gasteiger partial charge in [0.15, 0.2) is 11.5 Å². The molecule has 4 heterocycles. The maximum Gasteiger partial charge on any atom is 0.263 e. The molecule has 1 unspecified atom stereocenters. The molecule has 0 bridgehead atoms. The van der Waals surface area contributed by atoms with E-state index in [4.69, 9.17) is 11.0 Å². The summed E-state index contributed by atoms with van der Waals surface area (Å²) in [6.45, 7) is 1.91. The highest BCUT2D eigenvalue weighted by Crippen LogP contribution is 2.29. The van der Waals surface area contributed by atoms with Crippen molar-refractivity contribution in [2.24, 2.45) is 0 Å². The number of hydrogen-bond donors (Lipinski definition) is 2. The zero-order valence-corrected chi connectivity index (χ0v) is 21.4. The number of carbonyl (C=O) groups excluding carboxylic acids is 1. The Kier molecular flexibility index (Phi) is 6.05. The van der Waals surface area contributed by atoms with Gasteiger partial charge in [-0.2, -0.15) is 10.4 Å². The minimum atomic E-state index is -0.593. The van der Waals surface area contributed by atoms with Gasteiger partial charge in [-0.3, -0.25) is 18.8 Å². The van der Waals surface area contributed by atoms with Crippen LogP contribution in [0.15, 0.2) is 90.2 Å². The molecule has 0 aliphatic rings. The number of carbonyl (C=O) groups is 1. The van der Waals surface area contributed by atoms with Gasteiger partial charge in [-0.15, -0.1) is 5.10 Å². The molecule has 0 aliphatic carbocycles. The number of para-hydroxylation sites is 1. The molecule has 196 valence electrons. The normalized spacial score (nSPS) is 11.9. The van der Waals surface area contributed by atoms with Gasteiger partial charge in [-0.05, 0) is 42.1 Å². The van der Waals surface area contributed by atoms with Crippen molar-refractivity contribution >= 4 is 28.1 Å². The highest BCUT2D eigenvalue weighted by atomic mass is 16.2. The number of aromatic nitrogens is 6. The van der Waals surface area contributed by atoms with Gasteiger partial charge in [0, 0.05) is 35.5 Å². The fourth-order valence-corrected chi connectivity index (χ4v) is 4.91. The summed E-state index contributed by atoms with van der Waals surface area (Å²) in [5.41, 5.74) is 8.98. The lowest BCUT2D eigenvalue weighted by Gasteiger charge is -2.21. The van der Waals surface area contributed by atoms with Crippen LogP contribution in [0.1, 0.15) is 29.0 Å². The Bertz CT molecular complexity index is 2000. The number of nitrogens with zero attached hydrogens (tertiary/aromatic N) is 7. The Morgan fingerprint density at radius 3 is 2.77 bits per heavy atom. The Morgan fingerprint density at radius 2 is 1.98 bits per heavy atom. The van der Waals surface area contributed by atoms with E-state index in [1.54, 1.807) is 35.4 Å². The number of amides is 1. The largest absolute Gasteiger partial charge is 0.381 e. The first-order valence-corrected chi connectivity index (χ1v) is 12.5. The van der Waals surface area contributed by atoms with E-state index < -0.39 is 11.9 Å². The first-order chi connectivity index (χ1) is 19.5. The molecule has 6 rings (SSSR count). The molecule has 0 radical (unpaired) electrons. The molecule has 1 atom stereocenters. The number of nitrogen functional groups attached to an aromatic ring is 1. The van der Waals surface area contributed by atoms with Crippen molar-refractivity contribution in [1.29, 1.82) is 5.26 Å². The van der Waals surface area contributed by atoms with Gasteiger partial charge < -0.3 is 11.1 Å². The monoisotopic (exact) mass is 529 g/mol. The first-order valence-electron chi connectivity index (χ1n) is 12.5. The van der Waals surface area contributed by atoms with Gasteiger partial charge in [0.05, 0.1) is 23.7 Å². The summed E-state index contributed by atoms with van der Waals surface area (Å²) < 4.78 is 4.58. The van der Waals surface area contributed by atoms with Gasteiger partial charge in [0.2, 0.25) is 0 Å². The molecule has 0 aliphatic heterocycles. The number of hydrogen-bond acceptors (Lipinski definition) is 7. The van der Waals surface area contributed by atoms with Crippen LogP contribution in [-0.4, -0.2) is 34.9 Å². The molecule has 11 heteroatoms. The average Bonchev–Trinajstić information content (AvgIpc) is 3.56. The third-order valence-corrected chi connectivity index (χ3v) is 6.71. The number of nitrogens with one attached hydrogen (secondary N) is 1. The average molecular weight is 530 g/mol. The molecule has 0 spiro atoms. The molecule has 2 aromatic carbocycles. The lowest BCUT2D eigenvalue weighted by atomic mass is 9.99. The summed E-state index contributed by atoms with van der Waals surface area (Å²) >= 11 is 0. The van der Waals surface area contributed by atoms with Crippen molar-refractivity contribution in [3.8, 4) is 22.9 Å². The van der Waals surface area contributed by atoms with Crippen LogP contribution in [0.3, 0.4) is 0 Å². The summed E-state index contributed by atoms with van der Waals surface area (Å²) in [4.78, 5) is 31.9. The third kappa shape index (κ3) is 4.13. The summed E-state index contributed by atoms with van der Waals surface area (Å²) in [5, 5.41) is 21.7. The van der Waals surface area contributed by atoms with Gasteiger partial charge in [-0.1, -0.05) is 36.4 Å². The summed E-state index contributed by atoms with van der Waals surface area (Å²) in [5.74, 6) is -0.395. The molecule has 4 aromatic heterocycles. The lowest BCUT2D eigenvalue weighted by Crippen LogP contribution is -2.32. The molecule has 0 saturated heterocycles. The third-order valence-electron chi connectivity index (χ3n) is 6.71. The SMILES string of the molecule is CC(NC(=O)c1c(N)nn2cccnc12)c1cc2cccc(-c3cnn(CC#N)c3)c2c(=O)n1-c1ccccc1. The summed E-state index contributed by atoms with van der Waals surface area (Å²) in [6.07, 6.45) is 6.62. The Morgan fingerprint density at radius 1 is 1.15 bits per heavy atom. The van der Waals surface area contributed by atoms with Crippen LogP contribution >= 0.6 is 0 Å². The highest BCUT2D eigenvalue weighted by Gasteiger charge is 2.24. The van der Waals surface area contributed by atoms with Crippen molar-refractivity contribution in [2.45, 2.75) is 19.5 Å². The molecule has 6 aromatic rings. The number of rotatable bonds is 6. The van der Waals surface area contributed by atoms with E-state index in [-0.39, 0.29) is 23.5 Å². The van der Waals surface area contributed by atoms with E-state index in [0.717, 1.165) is 5.56 Å². The predicted molar refractivity (Wildman–Crippen MR) is 150 cm³/mol. The zero-order chi connectivity index (χ0) is 27.8. The van der Waals surface area contributed by atoms with Crippen LogP contribution in [0.5, 0.6) is 0 Å². The van der Waals surface area contributed by atoms with E-state index in [1.165, 1.54) is 9.20 Å². The minimum Gasteiger partial charge on any atom is -0.381 e. The molecular weight excluding hydrogens is 506 g/mol. The Hall–Kier alpha value is -5.76. The Labute approximate surface area is 227 Å². The molecular formula is C29H23N9O2. The number of fused-ring (bicyclic) bond motifs is 2. The molecule has 40 heavy (non-hydrogen) atoms. The van der Waals surface area contributed by atoms with Crippen molar-refractivity contribution in [3.05, 3.63) is 107 Å². The molecule has 0 saturated carbocycles. The standard InChI is InChI=1S/C29H23N9O2/c1-18(34-28(39)25-26(31)35-37-13-6-12-32-27(25)37)23-15-19-7-5-10-22(20-16-33-36(17-20)14-11-30)24(19)29(40)38(23)21-8-3-2-4-9-21/h2-10,12-13,15-18H,14H2,1H3,(H2,31,35)(H,34,39). The number of benzene rings is 2. The molecule has 3 N–H and O–H groups in total. The number of pyridine rings is 1. The second-order valence-corrected chi connectivity index (χ2v) is 9.24. The summed E-state index contributed by atoms with van der Waals surface area (Å²) in [7, 11) is 0. The van der Waals surface area contributed by atoms with Crippen LogP contribution in [0, 0.1) is 11.3 Å². The fraction of sp³-hybridized carbons (Fsp3) is 0.103. The Balaban J connectivity index is 1.50. The first kappa shape index (κ1) is 24.6. The van der Waals surface area contributed by atoms with E-state index in [0.29, 0.717) is 33.4 Å².